The van der Waals surface area contributed by atoms with Crippen molar-refractivity contribution in [3.8, 4) is 11.5 Å². The Hall–Kier alpha value is -1.71. The first-order chi connectivity index (χ1) is 20.9. The fraction of sp³-hybridized carbons (Fsp3) is 0.595. The molecule has 0 spiro atoms. The maximum absolute atomic E-state index is 12.8. The predicted molar refractivity (Wildman–Crippen MR) is 182 cm³/mol. The molecule has 0 aliphatic carbocycles. The molecule has 2 atom stereocenters. The summed E-state index contributed by atoms with van der Waals surface area (Å²) in [5, 5.41) is 3.79. The van der Waals surface area contributed by atoms with Crippen molar-refractivity contribution < 1.29 is 36.4 Å². The van der Waals surface area contributed by atoms with Crippen molar-refractivity contribution in [3.63, 3.8) is 0 Å². The molecule has 5 nitrogen and oxygen atoms in total. The second kappa shape index (κ2) is 28.7. The second-order valence-electron chi connectivity index (χ2n) is 11.0. The molecule has 2 aromatic carbocycles. The number of hydrogen-bond acceptors (Lipinski definition) is 4. The summed E-state index contributed by atoms with van der Waals surface area (Å²) < 4.78 is 17.6. The summed E-state index contributed by atoms with van der Waals surface area (Å²) in [6, 6.07) is 14.7. The summed E-state index contributed by atoms with van der Waals surface area (Å²) in [6.07, 6.45) is 15.9. The number of nitrogens with one attached hydrogen (secondary N) is 1. The number of benzene rings is 2. The van der Waals surface area contributed by atoms with Gasteiger partial charge < -0.3 is 33.4 Å². The fourth-order valence-electron chi connectivity index (χ4n) is 4.50. The van der Waals surface area contributed by atoms with Gasteiger partial charge in [-0.25, -0.2) is 0 Å². The van der Waals surface area contributed by atoms with Gasteiger partial charge in [-0.2, -0.15) is 12.8 Å². The van der Waals surface area contributed by atoms with E-state index < -0.39 is 0 Å². The number of amides is 1. The molecule has 0 heterocycles. The van der Waals surface area contributed by atoms with E-state index in [9.17, 15) is 4.79 Å². The largest absolute Gasteiger partial charge is 2.00 e. The van der Waals surface area contributed by atoms with Crippen LogP contribution in [0.25, 0.3) is 0 Å². The van der Waals surface area contributed by atoms with Crippen molar-refractivity contribution in [2.45, 2.75) is 123 Å². The minimum absolute atomic E-state index is 0. The summed E-state index contributed by atoms with van der Waals surface area (Å²) >= 11 is 5.89. The van der Waals surface area contributed by atoms with Crippen LogP contribution in [0, 0.1) is 13.8 Å². The molecule has 7 heteroatoms. The first kappa shape index (κ1) is 42.3. The van der Waals surface area contributed by atoms with E-state index >= 15 is 0 Å². The van der Waals surface area contributed by atoms with Crippen LogP contribution in [0.2, 0.25) is 5.02 Å². The summed E-state index contributed by atoms with van der Waals surface area (Å²) in [5.74, 6) is 1.53. The summed E-state index contributed by atoms with van der Waals surface area (Å²) in [7, 11) is 0. The van der Waals surface area contributed by atoms with Crippen molar-refractivity contribution in [1.29, 1.82) is 0 Å². The molecule has 1 amide bonds. The van der Waals surface area contributed by atoms with Crippen molar-refractivity contribution in [2.24, 2.45) is 0 Å². The molecule has 2 unspecified atom stereocenters. The van der Waals surface area contributed by atoms with Crippen LogP contribution in [0.4, 0.5) is 0 Å². The van der Waals surface area contributed by atoms with Crippen LogP contribution in [0.15, 0.2) is 48.5 Å². The Balaban J connectivity index is 0.00000443. The number of rotatable bonds is 23. The third kappa shape index (κ3) is 21.1. The Kier molecular flexibility index (Phi) is 27.6. The Bertz CT molecular complexity index is 926. The van der Waals surface area contributed by atoms with E-state index in [0.29, 0.717) is 30.2 Å². The van der Waals surface area contributed by atoms with E-state index in [1.807, 2.05) is 62.4 Å². The van der Waals surface area contributed by atoms with Gasteiger partial charge in [0.15, 0.2) is 0 Å². The molecule has 1 N–H and O–H groups in total. The minimum atomic E-state index is -0.105. The normalized spacial score (nSPS) is 11.9. The van der Waals surface area contributed by atoms with E-state index in [-0.39, 0.29) is 35.4 Å². The zero-order valence-electron chi connectivity index (χ0n) is 27.6. The number of ether oxygens (including phenoxy) is 3. The van der Waals surface area contributed by atoms with E-state index in [2.05, 4.69) is 26.1 Å². The molecule has 0 saturated heterocycles. The van der Waals surface area contributed by atoms with Gasteiger partial charge in [-0.05, 0) is 87.6 Å². The van der Waals surface area contributed by atoms with Crippen LogP contribution >= 0.6 is 11.6 Å². The fourth-order valence-corrected chi connectivity index (χ4v) is 4.63. The quantitative estimate of drug-likeness (QED) is 0.0946. The monoisotopic (exact) mass is 667 g/mol. The average molecular weight is 668 g/mol. The van der Waals surface area contributed by atoms with Crippen LogP contribution in [0.3, 0.4) is 0 Å². The van der Waals surface area contributed by atoms with Crippen LogP contribution in [0.5, 0.6) is 11.5 Å². The summed E-state index contributed by atoms with van der Waals surface area (Å²) in [6.45, 7) is 15.8. The van der Waals surface area contributed by atoms with Gasteiger partial charge in [0.2, 0.25) is 0 Å². The molecule has 248 valence electrons. The summed E-state index contributed by atoms with van der Waals surface area (Å²) in [4.78, 5) is 12.8. The zero-order valence-corrected chi connectivity index (χ0v) is 29.7. The molecule has 0 radical (unpaired) electrons. The zero-order chi connectivity index (χ0) is 31.5. The molecule has 0 saturated carbocycles. The number of carbonyl (C=O) groups is 1. The number of halogens is 1. The minimum Gasteiger partial charge on any atom is -0.494 e. The van der Waals surface area contributed by atoms with Crippen LogP contribution in [-0.2, 0) is 22.1 Å². The van der Waals surface area contributed by atoms with Crippen LogP contribution < -0.4 is 14.8 Å². The van der Waals surface area contributed by atoms with Gasteiger partial charge >= 0.3 is 17.4 Å². The molecular formula is C37H58ClCrNO4. The van der Waals surface area contributed by atoms with Gasteiger partial charge in [0, 0.05) is 23.2 Å². The molecule has 0 bridgehead atoms. The predicted octanol–water partition coefficient (Wildman–Crippen LogP) is 10.5. The molecule has 0 aliphatic heterocycles. The third-order valence-corrected chi connectivity index (χ3v) is 7.29. The van der Waals surface area contributed by atoms with Crippen molar-refractivity contribution in [3.05, 3.63) is 73.0 Å². The van der Waals surface area contributed by atoms with Gasteiger partial charge in [-0.1, -0.05) is 70.4 Å². The van der Waals surface area contributed by atoms with Crippen molar-refractivity contribution >= 4 is 17.5 Å². The Morgan fingerprint density at radius 1 is 0.727 bits per heavy atom. The van der Waals surface area contributed by atoms with Gasteiger partial charge in [-0.3, -0.25) is 4.79 Å². The summed E-state index contributed by atoms with van der Waals surface area (Å²) in [5.41, 5.74) is 0.616. The van der Waals surface area contributed by atoms with Crippen LogP contribution in [-0.4, -0.2) is 37.9 Å². The molecule has 0 aromatic heterocycles. The number of hydrogen-bond donors (Lipinski definition) is 1. The molecular weight excluding hydrogens is 610 g/mol. The number of unbranched alkanes of at least 4 members (excludes halogenated alkanes) is 10. The van der Waals surface area contributed by atoms with E-state index in [1.54, 1.807) is 0 Å². The van der Waals surface area contributed by atoms with Crippen LogP contribution in [0.1, 0.15) is 121 Å². The maximum atomic E-state index is 12.8. The van der Waals surface area contributed by atoms with E-state index in [0.717, 1.165) is 56.6 Å². The molecule has 0 fully saturated rings. The van der Waals surface area contributed by atoms with Gasteiger partial charge in [0.25, 0.3) is 5.91 Å². The van der Waals surface area contributed by atoms with E-state index in [4.69, 9.17) is 25.8 Å². The first-order valence-electron chi connectivity index (χ1n) is 16.6. The van der Waals surface area contributed by atoms with Crippen molar-refractivity contribution in [1.82, 2.24) is 5.32 Å². The molecule has 2 rings (SSSR count). The van der Waals surface area contributed by atoms with Gasteiger partial charge in [0.05, 0.1) is 19.3 Å². The first-order valence-corrected chi connectivity index (χ1v) is 16.9. The third-order valence-electron chi connectivity index (χ3n) is 7.04. The SMILES string of the molecule is [CH2-]CC.[CH2-]CC(OCCCCCCCCCC)C(C)NC(=O)c1ccc(OCCCCCCOc2ccc(Cl)cc2)cc1.[Cr+2]. The topological polar surface area (TPSA) is 56.8 Å². The number of carbonyl (C=O) groups excluding carboxylic acids is 1. The second-order valence-corrected chi connectivity index (χ2v) is 11.5. The smallest absolute Gasteiger partial charge is 0.494 e. The average Bonchev–Trinajstić information content (AvgIpc) is 3.01. The Labute approximate surface area is 285 Å². The van der Waals surface area contributed by atoms with Gasteiger partial charge in [0.1, 0.15) is 11.5 Å². The van der Waals surface area contributed by atoms with Gasteiger partial charge in [-0.15, -0.1) is 0 Å². The van der Waals surface area contributed by atoms with Crippen molar-refractivity contribution in [2.75, 3.05) is 19.8 Å². The Morgan fingerprint density at radius 3 is 1.64 bits per heavy atom. The van der Waals surface area contributed by atoms with E-state index in [1.165, 1.54) is 44.9 Å². The molecule has 2 aromatic rings. The Morgan fingerprint density at radius 2 is 1.16 bits per heavy atom. The molecule has 0 aliphatic rings. The molecule has 44 heavy (non-hydrogen) atoms. The standard InChI is InChI=1S/C34H51ClNO4.C3H7.Cr/c1-4-6-7-8-9-10-11-16-27-40-33(5-2)28(3)36-34(37)29-17-21-31(22-18-29)38-25-14-12-13-15-26-39-32-23-19-30(35)20-24-32;1-3-2;/h17-24,28,33H,2,4-16,25-27H2,1,3H3,(H,36,37);1,3H2,2H3;/q2*-1;+2. The maximum Gasteiger partial charge on any atom is 2.00 e.